The molecule has 0 radical (unpaired) electrons. The van der Waals surface area contributed by atoms with E-state index in [1.54, 1.807) is 4.90 Å². The third kappa shape index (κ3) is 4.92. The van der Waals surface area contributed by atoms with Gasteiger partial charge in [-0.1, -0.05) is 42.5 Å². The summed E-state index contributed by atoms with van der Waals surface area (Å²) in [5.41, 5.74) is 8.09. The van der Waals surface area contributed by atoms with E-state index in [1.807, 2.05) is 36.4 Å². The molecule has 1 saturated carbocycles. The van der Waals surface area contributed by atoms with Crippen LogP contribution in [-0.2, 0) is 4.79 Å². The highest BCUT2D eigenvalue weighted by Gasteiger charge is 2.32. The van der Waals surface area contributed by atoms with Crippen LogP contribution >= 0.6 is 0 Å². The van der Waals surface area contributed by atoms with E-state index in [1.165, 1.54) is 0 Å². The summed E-state index contributed by atoms with van der Waals surface area (Å²) in [7, 11) is 0. The molecular formula is C27H30N4O4. The molecule has 1 aromatic heterocycles. The van der Waals surface area contributed by atoms with Gasteiger partial charge in [-0.05, 0) is 55.9 Å². The first-order valence-electron chi connectivity index (χ1n) is 12.3. The predicted octanol–water partition coefficient (Wildman–Crippen LogP) is 4.30. The number of anilines is 1. The number of carbonyl (C=O) groups is 2. The molecule has 5 rings (SSSR count). The van der Waals surface area contributed by atoms with Gasteiger partial charge >= 0.3 is 5.97 Å². The second-order valence-electron chi connectivity index (χ2n) is 9.55. The number of aromatic nitrogens is 2. The van der Waals surface area contributed by atoms with Gasteiger partial charge in [-0.3, -0.25) is 9.59 Å². The van der Waals surface area contributed by atoms with Crippen molar-refractivity contribution in [3.63, 3.8) is 0 Å². The van der Waals surface area contributed by atoms with Crippen LogP contribution in [0.4, 0.5) is 5.82 Å². The number of amides is 1. The molecule has 3 aliphatic rings. The Kier molecular flexibility index (Phi) is 6.53. The average Bonchev–Trinajstić information content (AvgIpc) is 3.03. The van der Waals surface area contributed by atoms with Crippen LogP contribution in [0.3, 0.4) is 0 Å². The van der Waals surface area contributed by atoms with Crippen molar-refractivity contribution in [2.24, 2.45) is 17.8 Å². The van der Waals surface area contributed by atoms with Crippen LogP contribution in [0.5, 0.6) is 5.88 Å². The summed E-state index contributed by atoms with van der Waals surface area (Å²) in [6.07, 6.45) is 11.5. The van der Waals surface area contributed by atoms with Crippen LogP contribution < -0.4 is 10.5 Å². The van der Waals surface area contributed by atoms with Gasteiger partial charge in [0.15, 0.2) is 5.82 Å². The molecule has 1 atom stereocenters. The monoisotopic (exact) mass is 474 g/mol. The van der Waals surface area contributed by atoms with E-state index in [-0.39, 0.29) is 29.6 Å². The number of nitrogens with two attached hydrogens (primary N) is 1. The summed E-state index contributed by atoms with van der Waals surface area (Å²) < 4.78 is 5.85. The number of carboxylic acid groups (broad SMARTS) is 1. The highest BCUT2D eigenvalue weighted by atomic mass is 16.5. The van der Waals surface area contributed by atoms with E-state index in [4.69, 9.17) is 15.6 Å². The second kappa shape index (κ2) is 9.90. The lowest BCUT2D eigenvalue weighted by Crippen LogP contribution is -2.33. The maximum Gasteiger partial charge on any atom is 0.303 e. The summed E-state index contributed by atoms with van der Waals surface area (Å²) in [6, 6.07) is 9.47. The largest absolute Gasteiger partial charge is 0.481 e. The lowest BCUT2D eigenvalue weighted by atomic mass is 9.73. The van der Waals surface area contributed by atoms with Gasteiger partial charge in [0.25, 0.3) is 5.91 Å². The van der Waals surface area contributed by atoms with Gasteiger partial charge in [0, 0.05) is 17.7 Å². The summed E-state index contributed by atoms with van der Waals surface area (Å²) in [6.45, 7) is 0.710. The van der Waals surface area contributed by atoms with Crippen LogP contribution in [0.2, 0.25) is 0 Å². The Hall–Kier alpha value is -3.68. The highest BCUT2D eigenvalue weighted by molar-refractivity contribution is 6.02. The number of hydrogen-bond donors (Lipinski definition) is 2. The number of aliphatic carboxylic acids is 1. The smallest absolute Gasteiger partial charge is 0.303 e. The van der Waals surface area contributed by atoms with E-state index in [2.05, 4.69) is 22.1 Å². The number of carboxylic acids is 1. The molecule has 8 nitrogen and oxygen atoms in total. The first-order chi connectivity index (χ1) is 17.0. The Bertz CT molecular complexity index is 1170. The standard InChI is InChI=1S/C27H30N4O4/c28-24-23-26(30-25(29-24)20-4-2-1-3-5-20)35-15-14-31(27(23)34)21-12-10-19(11-13-21)18-8-6-17(7-9-18)16-22(32)33/h1-5,10,12-13,17-19H,6-9,11,14-16H2,(H,32,33)(H2,28,29,30). The molecule has 1 unspecified atom stereocenters. The predicted molar refractivity (Wildman–Crippen MR) is 131 cm³/mol. The zero-order valence-corrected chi connectivity index (χ0v) is 19.6. The SMILES string of the molecule is Nc1nc(-c2ccccc2)nc2c1C(=O)N(C1=CCC(C3CCC(CC(=O)O)CC3)C=C1)CCO2. The lowest BCUT2D eigenvalue weighted by Gasteiger charge is -2.33. The van der Waals surface area contributed by atoms with Crippen molar-refractivity contribution in [2.75, 3.05) is 18.9 Å². The molecule has 2 aliphatic carbocycles. The third-order valence-corrected chi connectivity index (χ3v) is 7.33. The molecule has 8 heteroatoms. The number of benzene rings is 1. The van der Waals surface area contributed by atoms with E-state index in [9.17, 15) is 9.59 Å². The van der Waals surface area contributed by atoms with Gasteiger partial charge in [-0.15, -0.1) is 0 Å². The zero-order chi connectivity index (χ0) is 24.4. The summed E-state index contributed by atoms with van der Waals surface area (Å²) >= 11 is 0. The molecule has 0 spiro atoms. The lowest BCUT2D eigenvalue weighted by molar-refractivity contribution is -0.138. The van der Waals surface area contributed by atoms with Crippen LogP contribution in [0, 0.1) is 17.8 Å². The average molecular weight is 475 g/mol. The van der Waals surface area contributed by atoms with Crippen molar-refractivity contribution in [1.29, 1.82) is 0 Å². The molecule has 2 aromatic rings. The fourth-order valence-corrected chi connectivity index (χ4v) is 5.44. The van der Waals surface area contributed by atoms with E-state index >= 15 is 0 Å². The third-order valence-electron chi connectivity index (χ3n) is 7.33. The summed E-state index contributed by atoms with van der Waals surface area (Å²) in [5.74, 6) is 1.08. The first-order valence-corrected chi connectivity index (χ1v) is 12.3. The summed E-state index contributed by atoms with van der Waals surface area (Å²) in [4.78, 5) is 35.1. The first kappa shape index (κ1) is 23.1. The Morgan fingerprint density at radius 1 is 1.14 bits per heavy atom. The van der Waals surface area contributed by atoms with Crippen molar-refractivity contribution >= 4 is 17.7 Å². The minimum absolute atomic E-state index is 0.113. The minimum Gasteiger partial charge on any atom is -0.481 e. The molecule has 1 aromatic carbocycles. The molecule has 0 bridgehead atoms. The Morgan fingerprint density at radius 2 is 1.91 bits per heavy atom. The van der Waals surface area contributed by atoms with Crippen molar-refractivity contribution in [3.05, 3.63) is 59.8 Å². The number of rotatable bonds is 5. The van der Waals surface area contributed by atoms with Gasteiger partial charge in [-0.25, -0.2) is 4.98 Å². The van der Waals surface area contributed by atoms with E-state index < -0.39 is 5.97 Å². The van der Waals surface area contributed by atoms with Crippen molar-refractivity contribution in [1.82, 2.24) is 14.9 Å². The fraction of sp³-hybridized carbons (Fsp3) is 0.407. The van der Waals surface area contributed by atoms with Crippen LogP contribution in [0.1, 0.15) is 48.9 Å². The van der Waals surface area contributed by atoms with Gasteiger partial charge < -0.3 is 20.5 Å². The topological polar surface area (TPSA) is 119 Å². The number of allylic oxidation sites excluding steroid dienone is 3. The normalized spacial score (nSPS) is 24.2. The molecule has 1 amide bonds. The number of nitrogen functional groups attached to an aromatic ring is 1. The number of hydrogen-bond acceptors (Lipinski definition) is 6. The van der Waals surface area contributed by atoms with Gasteiger partial charge in [0.1, 0.15) is 18.0 Å². The molecule has 182 valence electrons. The van der Waals surface area contributed by atoms with Crippen molar-refractivity contribution < 1.29 is 19.4 Å². The van der Waals surface area contributed by atoms with Gasteiger partial charge in [-0.2, -0.15) is 4.98 Å². The molecule has 0 saturated heterocycles. The maximum absolute atomic E-state index is 13.5. The Morgan fingerprint density at radius 3 is 2.60 bits per heavy atom. The summed E-state index contributed by atoms with van der Waals surface area (Å²) in [5, 5.41) is 9.04. The Balaban J connectivity index is 1.28. The van der Waals surface area contributed by atoms with Crippen molar-refractivity contribution in [3.8, 4) is 17.3 Å². The number of carbonyl (C=O) groups excluding carboxylic acids is 1. The van der Waals surface area contributed by atoms with E-state index in [0.717, 1.165) is 43.4 Å². The van der Waals surface area contributed by atoms with E-state index in [0.29, 0.717) is 36.7 Å². The number of fused-ring (bicyclic) bond motifs is 1. The quantitative estimate of drug-likeness (QED) is 0.663. The van der Waals surface area contributed by atoms with Crippen molar-refractivity contribution in [2.45, 2.75) is 38.5 Å². The fourth-order valence-electron chi connectivity index (χ4n) is 5.44. The molecule has 1 fully saturated rings. The number of ether oxygens (including phenoxy) is 1. The van der Waals surface area contributed by atoms with Crippen LogP contribution in [0.25, 0.3) is 11.4 Å². The molecule has 1 aliphatic heterocycles. The second-order valence-corrected chi connectivity index (χ2v) is 9.55. The number of nitrogens with zero attached hydrogens (tertiary/aromatic N) is 3. The zero-order valence-electron chi connectivity index (χ0n) is 19.6. The van der Waals surface area contributed by atoms with Gasteiger partial charge in [0.2, 0.25) is 5.88 Å². The minimum atomic E-state index is -0.700. The Labute approximate surface area is 204 Å². The maximum atomic E-state index is 13.5. The highest BCUT2D eigenvalue weighted by Crippen LogP contribution is 2.39. The molecule has 3 N–H and O–H groups in total. The van der Waals surface area contributed by atoms with Crippen LogP contribution in [0.15, 0.2) is 54.3 Å². The molecule has 2 heterocycles. The molecular weight excluding hydrogens is 444 g/mol. The van der Waals surface area contributed by atoms with Gasteiger partial charge in [0.05, 0.1) is 6.54 Å². The molecule has 35 heavy (non-hydrogen) atoms. The van der Waals surface area contributed by atoms with Crippen LogP contribution in [-0.4, -0.2) is 45.0 Å².